The van der Waals surface area contributed by atoms with Gasteiger partial charge in [-0.05, 0) is 57.0 Å². The minimum absolute atomic E-state index is 0.0361. The summed E-state index contributed by atoms with van der Waals surface area (Å²) >= 11 is 11.9. The lowest BCUT2D eigenvalue weighted by atomic mass is 9.92. The number of alkyl carbamates (subject to hydrolysis) is 1. The fourth-order valence-electron chi connectivity index (χ4n) is 4.31. The molecule has 2 aromatic rings. The van der Waals surface area contributed by atoms with E-state index in [0.29, 0.717) is 24.3 Å². The van der Waals surface area contributed by atoms with E-state index in [1.54, 1.807) is 0 Å². The van der Waals surface area contributed by atoms with Crippen molar-refractivity contribution in [2.45, 2.75) is 45.3 Å². The Labute approximate surface area is 177 Å². The first-order chi connectivity index (χ1) is 13.6. The third-order valence-corrected chi connectivity index (χ3v) is 5.84. The van der Waals surface area contributed by atoms with E-state index in [1.165, 1.54) is 6.20 Å². The molecule has 0 radical (unpaired) electrons. The maximum absolute atomic E-state index is 14.4. The molecule has 1 saturated heterocycles. The van der Waals surface area contributed by atoms with Gasteiger partial charge >= 0.3 is 6.09 Å². The third kappa shape index (κ3) is 4.05. The SMILES string of the molecule is CC(C)(C)OC(=O)NC1[C@@H]2CC[C@H]1CN(c1nc(Cl)nc3c(F)c(Cl)ncc13)C2. The molecule has 1 N–H and O–H groups in total. The van der Waals surface area contributed by atoms with Gasteiger partial charge in [-0.3, -0.25) is 0 Å². The highest BCUT2D eigenvalue weighted by molar-refractivity contribution is 6.30. The Morgan fingerprint density at radius 1 is 1.24 bits per heavy atom. The molecule has 1 unspecified atom stereocenters. The molecule has 7 nitrogen and oxygen atoms in total. The van der Waals surface area contributed by atoms with Crippen molar-refractivity contribution < 1.29 is 13.9 Å². The van der Waals surface area contributed by atoms with Crippen LogP contribution in [-0.2, 0) is 4.74 Å². The molecule has 2 aromatic heterocycles. The quantitative estimate of drug-likeness (QED) is 0.555. The van der Waals surface area contributed by atoms with Crippen molar-refractivity contribution in [3.05, 3.63) is 22.5 Å². The number of nitrogens with one attached hydrogen (secondary N) is 1. The second-order valence-corrected chi connectivity index (χ2v) is 9.31. The number of nitrogens with zero attached hydrogens (tertiary/aromatic N) is 4. The van der Waals surface area contributed by atoms with Crippen LogP contribution in [0.15, 0.2) is 6.20 Å². The molecule has 1 aliphatic carbocycles. The van der Waals surface area contributed by atoms with Gasteiger partial charge in [0.15, 0.2) is 11.0 Å². The summed E-state index contributed by atoms with van der Waals surface area (Å²) in [6, 6.07) is 0.0361. The van der Waals surface area contributed by atoms with E-state index < -0.39 is 17.5 Å². The predicted octanol–water partition coefficient (Wildman–Crippen LogP) is 4.21. The van der Waals surface area contributed by atoms with Gasteiger partial charge in [-0.1, -0.05) is 11.6 Å². The molecule has 10 heteroatoms. The van der Waals surface area contributed by atoms with Crippen molar-refractivity contribution in [2.24, 2.45) is 11.8 Å². The monoisotopic (exact) mass is 441 g/mol. The number of carbonyl (C=O) groups excluding carboxylic acids is 1. The molecule has 4 rings (SSSR count). The molecular formula is C19H22Cl2FN5O2. The Morgan fingerprint density at radius 2 is 1.90 bits per heavy atom. The molecule has 3 atom stereocenters. The average molecular weight is 442 g/mol. The van der Waals surface area contributed by atoms with Crippen LogP contribution in [0.4, 0.5) is 15.0 Å². The number of halogens is 3. The number of ether oxygens (including phenoxy) is 1. The summed E-state index contributed by atoms with van der Waals surface area (Å²) < 4.78 is 19.8. The van der Waals surface area contributed by atoms with Crippen LogP contribution in [0.2, 0.25) is 10.4 Å². The van der Waals surface area contributed by atoms with Crippen molar-refractivity contribution in [3.8, 4) is 0 Å². The summed E-state index contributed by atoms with van der Waals surface area (Å²) in [5, 5.41) is 3.21. The van der Waals surface area contributed by atoms with E-state index in [0.717, 1.165) is 12.8 Å². The van der Waals surface area contributed by atoms with E-state index in [2.05, 4.69) is 25.2 Å². The standard InChI is InChI=1S/C19H22Cl2FN5O2/c1-19(2,3)29-18(28)25-13-9-4-5-10(13)8-27(7-9)16-11-6-23-15(20)12(22)14(11)24-17(21)26-16/h6,9-10,13H,4-5,7-8H2,1-3H3,(H,25,28)/t9-,10+,13?. The summed E-state index contributed by atoms with van der Waals surface area (Å²) in [4.78, 5) is 26.5. The number of hydrogen-bond donors (Lipinski definition) is 1. The van der Waals surface area contributed by atoms with E-state index in [-0.39, 0.29) is 33.8 Å². The summed E-state index contributed by atoms with van der Waals surface area (Å²) in [5.41, 5.74) is -0.486. The van der Waals surface area contributed by atoms with Crippen molar-refractivity contribution in [1.29, 1.82) is 0 Å². The second-order valence-electron chi connectivity index (χ2n) is 8.62. The fourth-order valence-corrected chi connectivity index (χ4v) is 4.61. The van der Waals surface area contributed by atoms with E-state index in [9.17, 15) is 9.18 Å². The molecule has 0 aromatic carbocycles. The molecule has 3 heterocycles. The number of carbonyl (C=O) groups is 1. The van der Waals surface area contributed by atoms with E-state index in [1.807, 2.05) is 20.8 Å². The molecule has 1 saturated carbocycles. The van der Waals surface area contributed by atoms with Crippen LogP contribution in [0.25, 0.3) is 10.9 Å². The summed E-state index contributed by atoms with van der Waals surface area (Å²) in [5.74, 6) is 0.292. The van der Waals surface area contributed by atoms with Crippen LogP contribution in [-0.4, -0.2) is 45.8 Å². The maximum atomic E-state index is 14.4. The molecule has 2 aliphatic rings. The van der Waals surface area contributed by atoms with Gasteiger partial charge < -0.3 is 15.0 Å². The number of pyridine rings is 1. The highest BCUT2D eigenvalue weighted by atomic mass is 35.5. The Morgan fingerprint density at radius 3 is 2.52 bits per heavy atom. The first-order valence-electron chi connectivity index (χ1n) is 9.54. The van der Waals surface area contributed by atoms with Crippen LogP contribution >= 0.6 is 23.2 Å². The second kappa shape index (κ2) is 7.40. The summed E-state index contributed by atoms with van der Waals surface area (Å²) in [6.45, 7) is 6.83. The van der Waals surface area contributed by atoms with Gasteiger partial charge in [-0.2, -0.15) is 4.98 Å². The smallest absolute Gasteiger partial charge is 0.407 e. The van der Waals surface area contributed by atoms with Gasteiger partial charge in [-0.25, -0.2) is 19.2 Å². The van der Waals surface area contributed by atoms with E-state index >= 15 is 0 Å². The van der Waals surface area contributed by atoms with E-state index in [4.69, 9.17) is 27.9 Å². The van der Waals surface area contributed by atoms with Gasteiger partial charge in [0.05, 0.1) is 5.39 Å². The molecule has 1 aliphatic heterocycles. The zero-order chi connectivity index (χ0) is 20.9. The Balaban J connectivity index is 1.58. The zero-order valence-electron chi connectivity index (χ0n) is 16.4. The van der Waals surface area contributed by atoms with Gasteiger partial charge in [0.2, 0.25) is 5.28 Å². The van der Waals surface area contributed by atoms with Crippen LogP contribution in [0.5, 0.6) is 0 Å². The number of anilines is 1. The maximum Gasteiger partial charge on any atom is 0.407 e. The zero-order valence-corrected chi connectivity index (χ0v) is 17.9. The molecule has 1 amide bonds. The van der Waals surface area contributed by atoms with Gasteiger partial charge in [-0.15, -0.1) is 0 Å². The lowest BCUT2D eigenvalue weighted by molar-refractivity contribution is 0.0472. The van der Waals surface area contributed by atoms with Crippen molar-refractivity contribution in [2.75, 3.05) is 18.0 Å². The van der Waals surface area contributed by atoms with Crippen LogP contribution < -0.4 is 10.2 Å². The highest BCUT2D eigenvalue weighted by Gasteiger charge is 2.44. The Bertz CT molecular complexity index is 954. The number of rotatable bonds is 2. The molecule has 0 spiro atoms. The minimum atomic E-state index is -0.709. The molecular weight excluding hydrogens is 420 g/mol. The first kappa shape index (κ1) is 20.3. The summed E-state index contributed by atoms with van der Waals surface area (Å²) in [7, 11) is 0. The van der Waals surface area contributed by atoms with Crippen LogP contribution in [0, 0.1) is 17.7 Å². The lowest BCUT2D eigenvalue weighted by Crippen LogP contribution is -2.53. The number of amides is 1. The lowest BCUT2D eigenvalue weighted by Gasteiger charge is -2.39. The molecule has 2 fully saturated rings. The predicted molar refractivity (Wildman–Crippen MR) is 109 cm³/mol. The summed E-state index contributed by atoms with van der Waals surface area (Å²) in [6.07, 6.45) is 3.04. The third-order valence-electron chi connectivity index (χ3n) is 5.41. The Hall–Kier alpha value is -1.93. The molecule has 156 valence electrons. The number of piperidine rings is 1. The topological polar surface area (TPSA) is 80.2 Å². The van der Waals surface area contributed by atoms with Crippen molar-refractivity contribution in [1.82, 2.24) is 20.3 Å². The number of aromatic nitrogens is 3. The van der Waals surface area contributed by atoms with Gasteiger partial charge in [0.25, 0.3) is 0 Å². The minimum Gasteiger partial charge on any atom is -0.444 e. The number of hydrogen-bond acceptors (Lipinski definition) is 6. The van der Waals surface area contributed by atoms with Gasteiger partial charge in [0.1, 0.15) is 16.9 Å². The van der Waals surface area contributed by atoms with Crippen LogP contribution in [0.1, 0.15) is 33.6 Å². The molecule has 2 bridgehead atoms. The normalized spacial score (nSPS) is 24.1. The average Bonchev–Trinajstić information content (AvgIpc) is 2.85. The molecule has 29 heavy (non-hydrogen) atoms. The van der Waals surface area contributed by atoms with Crippen molar-refractivity contribution >= 4 is 46.0 Å². The highest BCUT2D eigenvalue weighted by Crippen LogP contribution is 2.40. The van der Waals surface area contributed by atoms with Crippen LogP contribution in [0.3, 0.4) is 0 Å². The largest absolute Gasteiger partial charge is 0.444 e. The number of fused-ring (bicyclic) bond motifs is 3. The van der Waals surface area contributed by atoms with Crippen molar-refractivity contribution in [3.63, 3.8) is 0 Å². The fraction of sp³-hybridized carbons (Fsp3) is 0.579. The van der Waals surface area contributed by atoms with Gasteiger partial charge in [0, 0.05) is 25.3 Å². The first-order valence-corrected chi connectivity index (χ1v) is 10.3. The Kier molecular flexibility index (Phi) is 5.19.